The Kier molecular flexibility index (Phi) is 5.60. The molecule has 0 heterocycles. The minimum Gasteiger partial charge on any atom is -0.376 e. The fraction of sp³-hybridized carbons (Fsp3) is 0.500. The molecule has 0 unspecified atom stereocenters. The van der Waals surface area contributed by atoms with E-state index in [0.717, 1.165) is 18.5 Å². The monoisotopic (exact) mass is 289 g/mol. The molecule has 1 saturated carbocycles. The molecule has 1 aliphatic carbocycles. The molecule has 0 aromatic heterocycles. The van der Waals surface area contributed by atoms with E-state index in [1.807, 2.05) is 12.1 Å². The molecule has 0 aliphatic heterocycles. The zero-order chi connectivity index (χ0) is 15.1. The fourth-order valence-corrected chi connectivity index (χ4v) is 2.53. The second-order valence-corrected chi connectivity index (χ2v) is 5.41. The van der Waals surface area contributed by atoms with Gasteiger partial charge in [0, 0.05) is 24.3 Å². The quantitative estimate of drug-likeness (QED) is 0.775. The highest BCUT2D eigenvalue weighted by molar-refractivity contribution is 5.94. The Morgan fingerprint density at radius 2 is 1.76 bits per heavy atom. The Balaban J connectivity index is 1.85. The molecule has 1 aliphatic rings. The molecule has 3 N–H and O–H groups in total. The molecule has 0 bridgehead atoms. The van der Waals surface area contributed by atoms with E-state index in [9.17, 15) is 9.59 Å². The average Bonchev–Trinajstić information content (AvgIpc) is 2.54. The molecule has 1 fully saturated rings. The van der Waals surface area contributed by atoms with Crippen molar-refractivity contribution in [3.05, 3.63) is 29.8 Å². The summed E-state index contributed by atoms with van der Waals surface area (Å²) in [5, 5.41) is 8.63. The predicted molar refractivity (Wildman–Crippen MR) is 83.3 cm³/mol. The summed E-state index contributed by atoms with van der Waals surface area (Å²) in [4.78, 5) is 23.3. The van der Waals surface area contributed by atoms with Gasteiger partial charge in [0.25, 0.3) is 5.91 Å². The molecule has 5 nitrogen and oxygen atoms in total. The van der Waals surface area contributed by atoms with Gasteiger partial charge in [0.1, 0.15) is 0 Å². The molecule has 21 heavy (non-hydrogen) atoms. The average molecular weight is 289 g/mol. The van der Waals surface area contributed by atoms with Crippen molar-refractivity contribution in [1.82, 2.24) is 10.6 Å². The molecule has 114 valence electrons. The van der Waals surface area contributed by atoms with Crippen molar-refractivity contribution >= 4 is 17.5 Å². The van der Waals surface area contributed by atoms with Crippen molar-refractivity contribution in [2.75, 3.05) is 18.9 Å². The normalized spacial score (nSPS) is 15.3. The predicted octanol–water partition coefficient (Wildman–Crippen LogP) is 1.91. The number of anilines is 1. The summed E-state index contributed by atoms with van der Waals surface area (Å²) in [6.45, 7) is 0.226. The zero-order valence-corrected chi connectivity index (χ0v) is 12.4. The first kappa shape index (κ1) is 15.4. The van der Waals surface area contributed by atoms with Crippen molar-refractivity contribution in [2.24, 2.45) is 0 Å². The molecule has 2 rings (SSSR count). The summed E-state index contributed by atoms with van der Waals surface area (Å²) >= 11 is 0. The van der Waals surface area contributed by atoms with Crippen LogP contribution in [0.1, 0.15) is 42.5 Å². The second kappa shape index (κ2) is 7.67. The van der Waals surface area contributed by atoms with E-state index in [-0.39, 0.29) is 18.4 Å². The Hall–Kier alpha value is -2.04. The molecule has 0 radical (unpaired) electrons. The van der Waals surface area contributed by atoms with Gasteiger partial charge < -0.3 is 16.0 Å². The molecular weight excluding hydrogens is 266 g/mol. The van der Waals surface area contributed by atoms with E-state index in [1.165, 1.54) is 19.3 Å². The lowest BCUT2D eigenvalue weighted by Gasteiger charge is -2.22. The smallest absolute Gasteiger partial charge is 0.251 e. The van der Waals surface area contributed by atoms with Gasteiger partial charge in [-0.3, -0.25) is 9.59 Å². The lowest BCUT2D eigenvalue weighted by Crippen LogP contribution is -2.36. The number of hydrogen-bond donors (Lipinski definition) is 3. The lowest BCUT2D eigenvalue weighted by molar-refractivity contribution is -0.118. The number of likely N-dealkylation sites (N-methyl/N-ethyl adjacent to an activating group) is 1. The van der Waals surface area contributed by atoms with E-state index in [2.05, 4.69) is 16.0 Å². The maximum Gasteiger partial charge on any atom is 0.251 e. The molecule has 0 atom stereocenters. The SMILES string of the molecule is CNC(=O)CNc1ccc(C(=O)NC2CCCCC2)cc1. The highest BCUT2D eigenvalue weighted by Gasteiger charge is 2.16. The summed E-state index contributed by atoms with van der Waals surface area (Å²) in [6.07, 6.45) is 5.84. The van der Waals surface area contributed by atoms with Crippen molar-refractivity contribution < 1.29 is 9.59 Å². The third-order valence-corrected chi connectivity index (χ3v) is 3.82. The number of rotatable bonds is 5. The first-order valence-electron chi connectivity index (χ1n) is 7.54. The van der Waals surface area contributed by atoms with Crippen LogP contribution in [0.25, 0.3) is 0 Å². The van der Waals surface area contributed by atoms with E-state index in [4.69, 9.17) is 0 Å². The van der Waals surface area contributed by atoms with E-state index in [1.54, 1.807) is 19.2 Å². The highest BCUT2D eigenvalue weighted by atomic mass is 16.2. The molecular formula is C16H23N3O2. The van der Waals surface area contributed by atoms with Crippen molar-refractivity contribution in [3.63, 3.8) is 0 Å². The standard InChI is InChI=1S/C16H23N3O2/c1-17-15(20)11-18-13-9-7-12(8-10-13)16(21)19-14-5-3-2-4-6-14/h7-10,14,18H,2-6,11H2,1H3,(H,17,20)(H,19,21). The van der Waals surface area contributed by atoms with Gasteiger partial charge in [-0.15, -0.1) is 0 Å². The van der Waals surface area contributed by atoms with Gasteiger partial charge in [-0.25, -0.2) is 0 Å². The number of benzene rings is 1. The van der Waals surface area contributed by atoms with Gasteiger partial charge in [-0.05, 0) is 37.1 Å². The Morgan fingerprint density at radius 3 is 2.38 bits per heavy atom. The van der Waals surface area contributed by atoms with E-state index in [0.29, 0.717) is 11.6 Å². The van der Waals surface area contributed by atoms with Crippen molar-refractivity contribution in [3.8, 4) is 0 Å². The van der Waals surface area contributed by atoms with Crippen LogP contribution in [0.15, 0.2) is 24.3 Å². The molecule has 5 heteroatoms. The molecule has 0 spiro atoms. The summed E-state index contributed by atoms with van der Waals surface area (Å²) in [5.41, 5.74) is 1.49. The molecule has 0 saturated heterocycles. The number of amides is 2. The Bertz CT molecular complexity index is 479. The van der Waals surface area contributed by atoms with Gasteiger partial charge >= 0.3 is 0 Å². The van der Waals surface area contributed by atoms with Gasteiger partial charge in [0.05, 0.1) is 6.54 Å². The minimum atomic E-state index is -0.0749. The molecule has 2 amide bonds. The van der Waals surface area contributed by atoms with Gasteiger partial charge in [-0.1, -0.05) is 19.3 Å². The molecule has 1 aromatic rings. The fourth-order valence-electron chi connectivity index (χ4n) is 2.53. The van der Waals surface area contributed by atoms with Crippen LogP contribution in [0.5, 0.6) is 0 Å². The maximum atomic E-state index is 12.1. The third kappa shape index (κ3) is 4.77. The van der Waals surface area contributed by atoms with Crippen molar-refractivity contribution in [1.29, 1.82) is 0 Å². The van der Waals surface area contributed by atoms with Crippen LogP contribution in [0.3, 0.4) is 0 Å². The Labute approximate surface area is 125 Å². The maximum absolute atomic E-state index is 12.1. The van der Waals surface area contributed by atoms with Crippen LogP contribution in [0, 0.1) is 0 Å². The van der Waals surface area contributed by atoms with Crippen LogP contribution in [-0.4, -0.2) is 31.4 Å². The van der Waals surface area contributed by atoms with Crippen LogP contribution in [-0.2, 0) is 4.79 Å². The van der Waals surface area contributed by atoms with E-state index >= 15 is 0 Å². The minimum absolute atomic E-state index is 0.0141. The number of carbonyl (C=O) groups is 2. The first-order chi connectivity index (χ1) is 10.2. The highest BCUT2D eigenvalue weighted by Crippen LogP contribution is 2.18. The topological polar surface area (TPSA) is 70.2 Å². The van der Waals surface area contributed by atoms with Crippen LogP contribution in [0.4, 0.5) is 5.69 Å². The summed E-state index contributed by atoms with van der Waals surface area (Å²) in [6, 6.07) is 7.52. The largest absolute Gasteiger partial charge is 0.376 e. The van der Waals surface area contributed by atoms with Crippen LogP contribution in [0.2, 0.25) is 0 Å². The van der Waals surface area contributed by atoms with Gasteiger partial charge in [0.2, 0.25) is 5.91 Å². The summed E-state index contributed by atoms with van der Waals surface area (Å²) in [7, 11) is 1.60. The Morgan fingerprint density at radius 1 is 1.10 bits per heavy atom. The third-order valence-electron chi connectivity index (χ3n) is 3.82. The van der Waals surface area contributed by atoms with Crippen LogP contribution < -0.4 is 16.0 Å². The van der Waals surface area contributed by atoms with Gasteiger partial charge in [-0.2, -0.15) is 0 Å². The van der Waals surface area contributed by atoms with Crippen LogP contribution >= 0.6 is 0 Å². The second-order valence-electron chi connectivity index (χ2n) is 5.41. The zero-order valence-electron chi connectivity index (χ0n) is 12.4. The number of carbonyl (C=O) groups excluding carboxylic acids is 2. The lowest BCUT2D eigenvalue weighted by atomic mass is 9.95. The summed E-state index contributed by atoms with van der Waals surface area (Å²) < 4.78 is 0. The molecule has 1 aromatic carbocycles. The van der Waals surface area contributed by atoms with Crippen molar-refractivity contribution in [2.45, 2.75) is 38.1 Å². The van der Waals surface area contributed by atoms with Gasteiger partial charge in [0.15, 0.2) is 0 Å². The van der Waals surface area contributed by atoms with E-state index < -0.39 is 0 Å². The first-order valence-corrected chi connectivity index (χ1v) is 7.54. The summed E-state index contributed by atoms with van der Waals surface area (Å²) in [5.74, 6) is -0.0890. The number of hydrogen-bond acceptors (Lipinski definition) is 3. The number of nitrogens with one attached hydrogen (secondary N) is 3.